The molecule has 3 N–H and O–H groups in total. The fraction of sp³-hybridized carbons (Fsp3) is 0.0294. The molecule has 5 rings (SSSR count). The molecule has 0 aliphatic carbocycles. The van der Waals surface area contributed by atoms with Gasteiger partial charge in [-0.25, -0.2) is 0 Å². The van der Waals surface area contributed by atoms with E-state index >= 15 is 0 Å². The lowest BCUT2D eigenvalue weighted by atomic mass is 10.1. The van der Waals surface area contributed by atoms with Crippen LogP contribution in [0.1, 0.15) is 26.7 Å². The lowest BCUT2D eigenvalue weighted by Crippen LogP contribution is -2.30. The number of thiophene rings is 1. The van der Waals surface area contributed by atoms with Crippen LogP contribution in [0.4, 0.5) is 11.4 Å². The number of hydrogen-bond donors (Lipinski definition) is 3. The molecular weight excluding hydrogens is 563 g/mol. The van der Waals surface area contributed by atoms with Gasteiger partial charge in [-0.3, -0.25) is 14.4 Å². The summed E-state index contributed by atoms with van der Waals surface area (Å²) in [5.41, 5.74) is 3.55. The summed E-state index contributed by atoms with van der Waals surface area (Å²) in [5.74, 6) is -0.956. The van der Waals surface area contributed by atoms with Crippen LogP contribution in [0.5, 0.6) is 0 Å². The van der Waals surface area contributed by atoms with Crippen LogP contribution in [-0.2, 0) is 9.59 Å². The van der Waals surface area contributed by atoms with Crippen molar-refractivity contribution >= 4 is 58.3 Å². The van der Waals surface area contributed by atoms with E-state index in [-0.39, 0.29) is 17.5 Å². The molecular formula is C34H27N3O3S2. The van der Waals surface area contributed by atoms with Crippen molar-refractivity contribution in [2.24, 2.45) is 0 Å². The van der Waals surface area contributed by atoms with E-state index in [2.05, 4.69) is 16.0 Å². The van der Waals surface area contributed by atoms with Crippen LogP contribution >= 0.6 is 23.1 Å². The molecule has 0 aliphatic heterocycles. The van der Waals surface area contributed by atoms with Crippen LogP contribution in [0, 0.1) is 0 Å². The van der Waals surface area contributed by atoms with Crippen molar-refractivity contribution in [1.29, 1.82) is 0 Å². The number of nitrogens with one attached hydrogen (secondary N) is 3. The second-order valence-corrected chi connectivity index (χ2v) is 11.1. The maximum Gasteiger partial charge on any atom is 0.272 e. The number of benzene rings is 4. The van der Waals surface area contributed by atoms with Gasteiger partial charge < -0.3 is 16.0 Å². The first-order chi connectivity index (χ1) is 20.5. The highest BCUT2D eigenvalue weighted by Gasteiger charge is 2.22. The van der Waals surface area contributed by atoms with Crippen molar-refractivity contribution in [3.8, 4) is 0 Å². The minimum Gasteiger partial charge on any atom is -0.325 e. The van der Waals surface area contributed by atoms with Gasteiger partial charge in [0.05, 0.1) is 0 Å². The zero-order chi connectivity index (χ0) is 29.1. The van der Waals surface area contributed by atoms with Gasteiger partial charge >= 0.3 is 0 Å². The molecule has 0 aliphatic rings. The Labute approximate surface area is 252 Å². The minimum atomic E-state index is -0.486. The van der Waals surface area contributed by atoms with Gasteiger partial charge in [0.2, 0.25) is 5.91 Å². The summed E-state index contributed by atoms with van der Waals surface area (Å²) in [4.78, 5) is 40.2. The number of rotatable bonds is 10. The number of anilines is 2. The molecule has 5 aromatic rings. The van der Waals surface area contributed by atoms with E-state index in [0.29, 0.717) is 11.3 Å². The summed E-state index contributed by atoms with van der Waals surface area (Å²) in [6.45, 7) is 0. The van der Waals surface area contributed by atoms with Gasteiger partial charge in [0.25, 0.3) is 11.8 Å². The number of amides is 3. The molecule has 0 spiro atoms. The normalized spacial score (nSPS) is 11.8. The first kappa shape index (κ1) is 28.6. The fourth-order valence-electron chi connectivity index (χ4n) is 4.05. The van der Waals surface area contributed by atoms with Crippen LogP contribution < -0.4 is 16.0 Å². The topological polar surface area (TPSA) is 87.3 Å². The second kappa shape index (κ2) is 14.1. The molecule has 0 saturated heterocycles. The smallest absolute Gasteiger partial charge is 0.272 e. The summed E-state index contributed by atoms with van der Waals surface area (Å²) < 4.78 is 0. The maximum atomic E-state index is 13.3. The van der Waals surface area contributed by atoms with E-state index in [0.717, 1.165) is 21.7 Å². The van der Waals surface area contributed by atoms with E-state index in [9.17, 15) is 14.4 Å². The molecule has 3 amide bonds. The van der Waals surface area contributed by atoms with E-state index in [4.69, 9.17) is 0 Å². The predicted octanol–water partition coefficient (Wildman–Crippen LogP) is 7.63. The Bertz CT molecular complexity index is 1660. The second-order valence-electron chi connectivity index (χ2n) is 9.18. The molecule has 0 fully saturated rings. The van der Waals surface area contributed by atoms with E-state index in [1.165, 1.54) is 23.1 Å². The average molecular weight is 590 g/mol. The molecule has 6 nitrogen and oxygen atoms in total. The van der Waals surface area contributed by atoms with Crippen LogP contribution in [0.2, 0.25) is 0 Å². The summed E-state index contributed by atoms with van der Waals surface area (Å²) >= 11 is 2.92. The Kier molecular flexibility index (Phi) is 9.61. The quantitative estimate of drug-likeness (QED) is 0.115. The number of carbonyl (C=O) groups is 3. The summed E-state index contributed by atoms with van der Waals surface area (Å²) in [6, 6.07) is 36.8. The van der Waals surface area contributed by atoms with Crippen molar-refractivity contribution in [1.82, 2.24) is 5.32 Å². The van der Waals surface area contributed by atoms with Crippen molar-refractivity contribution in [3.63, 3.8) is 0 Å². The third-order valence-electron chi connectivity index (χ3n) is 6.13. The van der Waals surface area contributed by atoms with E-state index in [1.807, 2.05) is 95.7 Å². The van der Waals surface area contributed by atoms with Crippen molar-refractivity contribution < 1.29 is 14.4 Å². The van der Waals surface area contributed by atoms with Crippen LogP contribution in [-0.4, -0.2) is 17.7 Å². The molecule has 1 heterocycles. The lowest BCUT2D eigenvalue weighted by Gasteiger charge is -2.17. The lowest BCUT2D eigenvalue weighted by molar-refractivity contribution is -0.116. The van der Waals surface area contributed by atoms with Crippen LogP contribution in [0.15, 0.2) is 143 Å². The average Bonchev–Trinajstić information content (AvgIpc) is 3.55. The van der Waals surface area contributed by atoms with E-state index < -0.39 is 11.2 Å². The monoisotopic (exact) mass is 589 g/mol. The summed E-state index contributed by atoms with van der Waals surface area (Å²) in [6.07, 6.45) is 1.65. The SMILES string of the molecule is O=C(Nc1ccc(SC(C(=O)Nc2ccccc2)c2ccccc2)cc1)/C(=C/c1ccsc1)NC(=O)c1ccccc1. The zero-order valence-electron chi connectivity index (χ0n) is 22.4. The van der Waals surface area contributed by atoms with Crippen LogP contribution in [0.25, 0.3) is 6.08 Å². The molecule has 0 bridgehead atoms. The Hall–Kier alpha value is -4.92. The third kappa shape index (κ3) is 7.84. The first-order valence-corrected chi connectivity index (χ1v) is 15.0. The molecule has 4 aromatic carbocycles. The molecule has 0 saturated carbocycles. The van der Waals surface area contributed by atoms with Gasteiger partial charge in [0.15, 0.2) is 0 Å². The Balaban J connectivity index is 1.30. The first-order valence-electron chi connectivity index (χ1n) is 13.1. The zero-order valence-corrected chi connectivity index (χ0v) is 24.0. The Morgan fingerprint density at radius 3 is 1.95 bits per heavy atom. The molecule has 8 heteroatoms. The molecule has 0 radical (unpaired) electrons. The van der Waals surface area contributed by atoms with Gasteiger partial charge in [0, 0.05) is 21.8 Å². The molecule has 208 valence electrons. The van der Waals surface area contributed by atoms with Gasteiger partial charge in [-0.1, -0.05) is 66.7 Å². The maximum absolute atomic E-state index is 13.3. The van der Waals surface area contributed by atoms with E-state index in [1.54, 1.807) is 42.5 Å². The highest BCUT2D eigenvalue weighted by molar-refractivity contribution is 8.00. The van der Waals surface area contributed by atoms with Gasteiger partial charge in [0.1, 0.15) is 10.9 Å². The summed E-state index contributed by atoms with van der Waals surface area (Å²) in [5, 5.41) is 11.9. The molecule has 1 unspecified atom stereocenters. The number of para-hydroxylation sites is 1. The fourth-order valence-corrected chi connectivity index (χ4v) is 5.69. The molecule has 1 aromatic heterocycles. The predicted molar refractivity (Wildman–Crippen MR) is 171 cm³/mol. The highest BCUT2D eigenvalue weighted by Crippen LogP contribution is 2.36. The highest BCUT2D eigenvalue weighted by atomic mass is 32.2. The largest absolute Gasteiger partial charge is 0.325 e. The van der Waals surface area contributed by atoms with Gasteiger partial charge in [-0.15, -0.1) is 11.8 Å². The molecule has 42 heavy (non-hydrogen) atoms. The third-order valence-corrected chi connectivity index (χ3v) is 8.10. The van der Waals surface area contributed by atoms with Crippen molar-refractivity contribution in [2.75, 3.05) is 10.6 Å². The number of hydrogen-bond acceptors (Lipinski definition) is 5. The molecule has 1 atom stereocenters. The standard InChI is InChI=1S/C34H27N3O3S2/c38-32(26-12-6-2-7-13-26)37-30(22-24-20-21-41-23-24)33(39)35-28-16-18-29(19-17-28)42-31(25-10-4-1-5-11-25)34(40)36-27-14-8-3-9-15-27/h1-23,31H,(H,35,39)(H,36,40)(H,37,38)/b30-22-. The van der Waals surface area contributed by atoms with Crippen molar-refractivity contribution in [3.05, 3.63) is 154 Å². The van der Waals surface area contributed by atoms with Gasteiger partial charge in [-0.05, 0) is 82.6 Å². The van der Waals surface area contributed by atoms with Crippen molar-refractivity contribution in [2.45, 2.75) is 10.1 Å². The Morgan fingerprint density at radius 1 is 0.690 bits per heavy atom. The number of thioether (sulfide) groups is 1. The minimum absolute atomic E-state index is 0.127. The number of carbonyl (C=O) groups excluding carboxylic acids is 3. The van der Waals surface area contributed by atoms with Crippen LogP contribution in [0.3, 0.4) is 0 Å². The van der Waals surface area contributed by atoms with Gasteiger partial charge in [-0.2, -0.15) is 11.3 Å². The summed E-state index contributed by atoms with van der Waals surface area (Å²) in [7, 11) is 0. The Morgan fingerprint density at radius 2 is 1.31 bits per heavy atom.